The zero-order chi connectivity index (χ0) is 35.9. The van der Waals surface area contributed by atoms with Gasteiger partial charge in [-0.15, -0.1) is 0 Å². The summed E-state index contributed by atoms with van der Waals surface area (Å²) in [6, 6.07) is 13.7. The topological polar surface area (TPSA) is 113 Å². The number of halogens is 1. The molecule has 1 spiro atoms. The summed E-state index contributed by atoms with van der Waals surface area (Å²) in [4.78, 5) is 19.7. The summed E-state index contributed by atoms with van der Waals surface area (Å²) in [5.41, 5.74) is 3.76. The maximum Gasteiger partial charge on any atom is 0.329 e. The normalized spacial score (nSPS) is 28.8. The number of hydrogen-bond acceptors (Lipinski definition) is 8. The van der Waals surface area contributed by atoms with E-state index in [9.17, 15) is 15.0 Å². The smallest absolute Gasteiger partial charge is 0.329 e. The number of benzene rings is 2. The Bertz CT molecular complexity index is 1740. The number of hydrogen-bond donors (Lipinski definition) is 3. The number of pyridine rings is 1. The predicted octanol–water partition coefficient (Wildman–Crippen LogP) is 7.64. The number of aliphatic carboxylic acids is 1. The van der Waals surface area contributed by atoms with Gasteiger partial charge in [-0.2, -0.15) is 0 Å². The first-order chi connectivity index (χ1) is 24.5. The summed E-state index contributed by atoms with van der Waals surface area (Å²) in [6.45, 7) is 7.07. The van der Waals surface area contributed by atoms with Crippen molar-refractivity contribution in [3.05, 3.63) is 76.1 Å². The molecule has 51 heavy (non-hydrogen) atoms. The van der Waals surface area contributed by atoms with Crippen LogP contribution in [0.15, 0.2) is 48.7 Å². The number of ether oxygens (including phenoxy) is 3. The van der Waals surface area contributed by atoms with Gasteiger partial charge in [0.1, 0.15) is 11.3 Å². The van der Waals surface area contributed by atoms with Crippen molar-refractivity contribution in [3.8, 4) is 17.2 Å². The van der Waals surface area contributed by atoms with Gasteiger partial charge < -0.3 is 34.6 Å². The third-order valence-corrected chi connectivity index (χ3v) is 12.2. The second-order valence-electron chi connectivity index (χ2n) is 16.0. The molecule has 1 aliphatic heterocycles. The van der Waals surface area contributed by atoms with Crippen molar-refractivity contribution in [2.75, 3.05) is 45.8 Å². The summed E-state index contributed by atoms with van der Waals surface area (Å²) >= 11 is 6.29. The van der Waals surface area contributed by atoms with Gasteiger partial charge in [0, 0.05) is 34.9 Å². The fourth-order valence-electron chi connectivity index (χ4n) is 9.40. The molecule has 2 unspecified atom stereocenters. The van der Waals surface area contributed by atoms with E-state index in [0.29, 0.717) is 43.6 Å². The highest BCUT2D eigenvalue weighted by Crippen LogP contribution is 2.58. The van der Waals surface area contributed by atoms with Crippen molar-refractivity contribution < 1.29 is 29.2 Å². The molecule has 0 radical (unpaired) electrons. The van der Waals surface area contributed by atoms with Crippen LogP contribution in [-0.2, 0) is 16.6 Å². The van der Waals surface area contributed by atoms with Crippen LogP contribution >= 0.6 is 11.6 Å². The molecule has 0 saturated heterocycles. The van der Waals surface area contributed by atoms with Gasteiger partial charge in [-0.1, -0.05) is 31.5 Å². The molecule has 5 atom stereocenters. The van der Waals surface area contributed by atoms with E-state index >= 15 is 0 Å². The molecular weight excluding hydrogens is 666 g/mol. The van der Waals surface area contributed by atoms with E-state index in [0.717, 1.165) is 79.3 Å². The van der Waals surface area contributed by atoms with Crippen molar-refractivity contribution in [1.29, 1.82) is 0 Å². The van der Waals surface area contributed by atoms with Crippen LogP contribution in [0.25, 0.3) is 0 Å². The van der Waals surface area contributed by atoms with Crippen molar-refractivity contribution in [2.45, 2.75) is 88.2 Å². The van der Waals surface area contributed by atoms with Crippen molar-refractivity contribution >= 4 is 23.3 Å². The minimum Gasteiger partial charge on any atom is -0.493 e. The number of carboxylic acid groups (broad SMARTS) is 1. The van der Waals surface area contributed by atoms with E-state index < -0.39 is 17.6 Å². The Hall–Kier alpha value is -3.53. The number of carbonyl (C=O) groups is 1. The summed E-state index contributed by atoms with van der Waals surface area (Å²) in [6.07, 6.45) is 7.08. The molecule has 0 bridgehead atoms. The molecule has 3 aliphatic carbocycles. The van der Waals surface area contributed by atoms with E-state index in [2.05, 4.69) is 55.3 Å². The van der Waals surface area contributed by atoms with Crippen LogP contribution in [0.3, 0.4) is 0 Å². The number of carboxylic acids is 1. The number of nitrogens with zero attached hydrogens (tertiary/aromatic N) is 2. The Morgan fingerprint density at radius 1 is 1.10 bits per heavy atom. The van der Waals surface area contributed by atoms with Gasteiger partial charge in [-0.05, 0) is 136 Å². The lowest BCUT2D eigenvalue weighted by Gasteiger charge is -2.47. The lowest BCUT2D eigenvalue weighted by Crippen LogP contribution is -2.53. The number of aliphatic hydroxyl groups is 1. The van der Waals surface area contributed by atoms with Gasteiger partial charge in [-0.25, -0.2) is 4.79 Å². The fraction of sp³-hybridized carbons (Fsp3) is 0.561. The van der Waals surface area contributed by atoms with Gasteiger partial charge in [-0.3, -0.25) is 4.98 Å². The molecule has 9 nitrogen and oxygen atoms in total. The van der Waals surface area contributed by atoms with E-state index in [1.807, 2.05) is 18.2 Å². The van der Waals surface area contributed by atoms with Crippen LogP contribution in [0.4, 0.5) is 5.69 Å². The van der Waals surface area contributed by atoms with E-state index in [1.54, 1.807) is 18.3 Å². The highest BCUT2D eigenvalue weighted by Gasteiger charge is 2.54. The number of nitrogens with one attached hydrogen (secondary N) is 1. The van der Waals surface area contributed by atoms with Gasteiger partial charge in [0.2, 0.25) is 0 Å². The van der Waals surface area contributed by atoms with Crippen LogP contribution < -0.4 is 19.5 Å². The SMILES string of the molecule is C[C@@H](COc1ccnc2c1[C@H](C)CC[C@H]2O)CC1Cc2cc3c(cc2C12CCC(Nc1cccc(Cl)c1)(C(=O)O)CC2)OCC(CN(C)C)CO3. The standard InChI is InChI=1S/C41H52ClN3O6/c1-25(22-49-34-10-15-43-38-33(46)9-8-26(2)37(34)38)16-29-17-28-18-35-36(51-24-27(23-50-35)21-45(3)4)20-32(28)40(29)11-13-41(14-12-40,39(47)48)44-31-7-5-6-30(42)19-31/h5-7,10,15,18-20,25-27,29,33,44,46H,8-9,11-14,16-17,21-24H2,1-4H3,(H,47,48)/t25-,26-,27?,29?,33-,40?,41?/m1/s1. The Labute approximate surface area is 306 Å². The summed E-state index contributed by atoms with van der Waals surface area (Å²) in [7, 11) is 4.14. The molecule has 3 N–H and O–H groups in total. The molecule has 274 valence electrons. The van der Waals surface area contributed by atoms with Crippen LogP contribution in [0.5, 0.6) is 17.2 Å². The van der Waals surface area contributed by atoms with Gasteiger partial charge >= 0.3 is 5.97 Å². The van der Waals surface area contributed by atoms with Crippen molar-refractivity contribution in [1.82, 2.24) is 9.88 Å². The number of rotatable bonds is 10. The maximum atomic E-state index is 13.0. The number of anilines is 1. The number of aliphatic hydroxyl groups excluding tert-OH is 1. The second-order valence-corrected chi connectivity index (χ2v) is 16.5. The molecule has 2 heterocycles. The molecule has 0 amide bonds. The molecule has 1 fully saturated rings. The number of aromatic nitrogens is 1. The minimum absolute atomic E-state index is 0.208. The Kier molecular flexibility index (Phi) is 10.2. The van der Waals surface area contributed by atoms with E-state index in [1.165, 1.54) is 11.1 Å². The zero-order valence-corrected chi connectivity index (χ0v) is 31.0. The van der Waals surface area contributed by atoms with Crippen LogP contribution in [0.2, 0.25) is 5.02 Å². The first-order valence-electron chi connectivity index (χ1n) is 18.6. The van der Waals surface area contributed by atoms with E-state index in [-0.39, 0.29) is 23.2 Å². The van der Waals surface area contributed by atoms with Gasteiger partial charge in [0.25, 0.3) is 0 Å². The molecule has 10 heteroatoms. The molecule has 2 aromatic carbocycles. The average molecular weight is 718 g/mol. The highest BCUT2D eigenvalue weighted by atomic mass is 35.5. The highest BCUT2D eigenvalue weighted by molar-refractivity contribution is 6.30. The summed E-state index contributed by atoms with van der Waals surface area (Å²) in [5, 5.41) is 25.2. The Morgan fingerprint density at radius 2 is 1.84 bits per heavy atom. The molecule has 1 aromatic heterocycles. The monoisotopic (exact) mass is 717 g/mol. The van der Waals surface area contributed by atoms with Gasteiger partial charge in [0.15, 0.2) is 11.5 Å². The molecule has 7 rings (SSSR count). The Morgan fingerprint density at radius 3 is 2.55 bits per heavy atom. The van der Waals surface area contributed by atoms with Crippen LogP contribution in [-0.4, -0.2) is 72.1 Å². The lowest BCUT2D eigenvalue weighted by atomic mass is 9.59. The van der Waals surface area contributed by atoms with Crippen molar-refractivity contribution in [3.63, 3.8) is 0 Å². The van der Waals surface area contributed by atoms with Crippen LogP contribution in [0.1, 0.15) is 93.2 Å². The zero-order valence-electron chi connectivity index (χ0n) is 30.3. The Balaban J connectivity index is 1.15. The van der Waals surface area contributed by atoms with Crippen LogP contribution in [0, 0.1) is 17.8 Å². The average Bonchev–Trinajstić information content (AvgIpc) is 3.22. The molecule has 3 aromatic rings. The lowest BCUT2D eigenvalue weighted by molar-refractivity contribution is -0.144. The molecule has 1 saturated carbocycles. The second kappa shape index (κ2) is 14.5. The summed E-state index contributed by atoms with van der Waals surface area (Å²) in [5.74, 6) is 2.67. The minimum atomic E-state index is -1.09. The summed E-state index contributed by atoms with van der Waals surface area (Å²) < 4.78 is 19.3. The largest absolute Gasteiger partial charge is 0.493 e. The predicted molar refractivity (Wildman–Crippen MR) is 198 cm³/mol. The number of fused-ring (bicyclic) bond motifs is 4. The van der Waals surface area contributed by atoms with E-state index in [4.69, 9.17) is 25.8 Å². The third kappa shape index (κ3) is 7.14. The first-order valence-corrected chi connectivity index (χ1v) is 19.0. The quantitative estimate of drug-likeness (QED) is 0.195. The maximum absolute atomic E-state index is 13.0. The first kappa shape index (κ1) is 35.9. The van der Waals surface area contributed by atoms with Crippen molar-refractivity contribution in [2.24, 2.45) is 17.8 Å². The molecular formula is C41H52ClN3O6. The molecule has 4 aliphatic rings. The fourth-order valence-corrected chi connectivity index (χ4v) is 9.59. The third-order valence-electron chi connectivity index (χ3n) is 12.0. The van der Waals surface area contributed by atoms with Gasteiger partial charge in [0.05, 0.1) is 31.6 Å².